The van der Waals surface area contributed by atoms with Crippen molar-refractivity contribution in [3.05, 3.63) is 24.3 Å². The van der Waals surface area contributed by atoms with Crippen molar-refractivity contribution >= 4 is 11.9 Å². The second kappa shape index (κ2) is 7.52. The number of ether oxygens (including phenoxy) is 3. The van der Waals surface area contributed by atoms with E-state index in [1.54, 1.807) is 31.2 Å². The van der Waals surface area contributed by atoms with Crippen LogP contribution in [-0.4, -0.2) is 36.9 Å². The number of carbonyl (C=O) groups excluding carboxylic acids is 1. The highest BCUT2D eigenvalue weighted by Crippen LogP contribution is 2.23. The van der Waals surface area contributed by atoms with Crippen molar-refractivity contribution in [1.82, 2.24) is 0 Å². The molecule has 0 saturated heterocycles. The van der Waals surface area contributed by atoms with E-state index in [-0.39, 0.29) is 13.2 Å². The molecule has 0 aliphatic rings. The van der Waals surface area contributed by atoms with E-state index >= 15 is 0 Å². The summed E-state index contributed by atoms with van der Waals surface area (Å²) >= 11 is 0. The fourth-order valence-electron chi connectivity index (χ4n) is 1.52. The largest absolute Gasteiger partial charge is 0.494 e. The number of benzene rings is 1. The van der Waals surface area contributed by atoms with Gasteiger partial charge in [-0.2, -0.15) is 0 Å². The molecule has 0 aromatic heterocycles. The summed E-state index contributed by atoms with van der Waals surface area (Å²) in [5.74, 6) is -0.957. The Morgan fingerprint density at radius 3 is 2.00 bits per heavy atom. The van der Waals surface area contributed by atoms with Crippen LogP contribution in [0.1, 0.15) is 20.8 Å². The fraction of sp³-hybridized carbons (Fsp3) is 0.467. The van der Waals surface area contributed by atoms with Gasteiger partial charge in [0.25, 0.3) is 0 Å². The molecular formula is C15H20O6. The highest BCUT2D eigenvalue weighted by atomic mass is 16.5. The van der Waals surface area contributed by atoms with Crippen molar-refractivity contribution < 1.29 is 28.9 Å². The van der Waals surface area contributed by atoms with Crippen molar-refractivity contribution in [1.29, 1.82) is 0 Å². The first-order chi connectivity index (χ1) is 9.93. The quantitative estimate of drug-likeness (QED) is 0.584. The van der Waals surface area contributed by atoms with E-state index < -0.39 is 17.4 Å². The van der Waals surface area contributed by atoms with E-state index in [0.717, 1.165) is 0 Å². The van der Waals surface area contributed by atoms with Crippen LogP contribution in [0.25, 0.3) is 0 Å². The molecule has 21 heavy (non-hydrogen) atoms. The van der Waals surface area contributed by atoms with E-state index in [2.05, 4.69) is 0 Å². The third-order valence-corrected chi connectivity index (χ3v) is 2.86. The number of rotatable bonds is 8. The first-order valence-electron chi connectivity index (χ1n) is 6.70. The molecule has 116 valence electrons. The van der Waals surface area contributed by atoms with Crippen molar-refractivity contribution in [2.75, 3.05) is 19.8 Å². The van der Waals surface area contributed by atoms with Crippen LogP contribution in [0.3, 0.4) is 0 Å². The van der Waals surface area contributed by atoms with Gasteiger partial charge < -0.3 is 19.3 Å². The van der Waals surface area contributed by atoms with Crippen LogP contribution in [0.15, 0.2) is 24.3 Å². The molecule has 1 aromatic rings. The first kappa shape index (κ1) is 16.8. The Morgan fingerprint density at radius 1 is 1.05 bits per heavy atom. The van der Waals surface area contributed by atoms with Crippen LogP contribution < -0.4 is 9.47 Å². The maximum Gasteiger partial charge on any atom is 0.326 e. The first-order valence-corrected chi connectivity index (χ1v) is 6.70. The molecule has 1 rings (SSSR count). The van der Waals surface area contributed by atoms with Gasteiger partial charge >= 0.3 is 11.9 Å². The molecule has 1 unspecified atom stereocenters. The summed E-state index contributed by atoms with van der Waals surface area (Å²) in [7, 11) is 0. The molecule has 0 fully saturated rings. The SMILES string of the molecule is CCOC(=O)C(C)(COc1ccc(OCC)cc1)C(=O)O. The smallest absolute Gasteiger partial charge is 0.326 e. The Morgan fingerprint density at radius 2 is 1.57 bits per heavy atom. The number of esters is 1. The van der Waals surface area contributed by atoms with Gasteiger partial charge in [-0.25, -0.2) is 0 Å². The maximum atomic E-state index is 11.8. The number of carboxylic acid groups (broad SMARTS) is 1. The topological polar surface area (TPSA) is 82.1 Å². The van der Waals surface area contributed by atoms with Gasteiger partial charge in [0.2, 0.25) is 0 Å². The second-order valence-corrected chi connectivity index (χ2v) is 4.55. The van der Waals surface area contributed by atoms with Crippen LogP contribution in [0.4, 0.5) is 0 Å². The van der Waals surface area contributed by atoms with Crippen LogP contribution in [-0.2, 0) is 14.3 Å². The molecule has 0 aliphatic heterocycles. The van der Waals surface area contributed by atoms with Gasteiger partial charge in [-0.05, 0) is 45.0 Å². The summed E-state index contributed by atoms with van der Waals surface area (Å²) in [4.78, 5) is 23.1. The van der Waals surface area contributed by atoms with Crippen LogP contribution in [0, 0.1) is 5.41 Å². The van der Waals surface area contributed by atoms with E-state index in [9.17, 15) is 14.7 Å². The van der Waals surface area contributed by atoms with Gasteiger partial charge in [-0.1, -0.05) is 0 Å². The Hall–Kier alpha value is -2.24. The average Bonchev–Trinajstić information content (AvgIpc) is 2.46. The van der Waals surface area contributed by atoms with E-state index in [0.29, 0.717) is 18.1 Å². The Balaban J connectivity index is 2.73. The molecular weight excluding hydrogens is 276 g/mol. The summed E-state index contributed by atoms with van der Waals surface area (Å²) < 4.78 is 15.5. The normalized spacial score (nSPS) is 13.1. The lowest BCUT2D eigenvalue weighted by atomic mass is 9.92. The second-order valence-electron chi connectivity index (χ2n) is 4.55. The van der Waals surface area contributed by atoms with Crippen molar-refractivity contribution in [2.24, 2.45) is 5.41 Å². The third-order valence-electron chi connectivity index (χ3n) is 2.86. The minimum atomic E-state index is -1.74. The molecule has 0 amide bonds. The average molecular weight is 296 g/mol. The van der Waals surface area contributed by atoms with Gasteiger partial charge in [0.15, 0.2) is 5.41 Å². The van der Waals surface area contributed by atoms with Crippen LogP contribution in [0.5, 0.6) is 11.5 Å². The lowest BCUT2D eigenvalue weighted by Gasteiger charge is -2.22. The lowest BCUT2D eigenvalue weighted by molar-refractivity contribution is -0.169. The fourth-order valence-corrected chi connectivity index (χ4v) is 1.52. The number of carboxylic acids is 1. The Labute approximate surface area is 123 Å². The predicted molar refractivity (Wildman–Crippen MR) is 75.5 cm³/mol. The van der Waals surface area contributed by atoms with E-state index in [1.165, 1.54) is 6.92 Å². The van der Waals surface area contributed by atoms with E-state index in [1.807, 2.05) is 6.92 Å². The molecule has 0 aliphatic carbocycles. The van der Waals surface area contributed by atoms with Crippen molar-refractivity contribution in [3.8, 4) is 11.5 Å². The summed E-state index contributed by atoms with van der Waals surface area (Å²) in [5.41, 5.74) is -1.74. The zero-order valence-corrected chi connectivity index (χ0v) is 12.4. The van der Waals surface area contributed by atoms with Gasteiger partial charge in [0.05, 0.1) is 13.2 Å². The van der Waals surface area contributed by atoms with Crippen molar-refractivity contribution in [3.63, 3.8) is 0 Å². The van der Waals surface area contributed by atoms with E-state index in [4.69, 9.17) is 14.2 Å². The molecule has 0 heterocycles. The molecule has 0 bridgehead atoms. The molecule has 1 N–H and O–H groups in total. The van der Waals surface area contributed by atoms with Crippen molar-refractivity contribution in [2.45, 2.75) is 20.8 Å². The molecule has 1 aromatic carbocycles. The van der Waals surface area contributed by atoms with Gasteiger partial charge in [-0.3, -0.25) is 9.59 Å². The van der Waals surface area contributed by atoms with Gasteiger partial charge in [-0.15, -0.1) is 0 Å². The summed E-state index contributed by atoms with van der Waals surface area (Å²) in [6, 6.07) is 6.72. The number of aliphatic carboxylic acids is 1. The predicted octanol–water partition coefficient (Wildman–Crippen LogP) is 2.12. The maximum absolute atomic E-state index is 11.8. The van der Waals surface area contributed by atoms with Crippen LogP contribution >= 0.6 is 0 Å². The zero-order chi connectivity index (χ0) is 15.9. The molecule has 0 radical (unpaired) electrons. The third kappa shape index (κ3) is 4.37. The van der Waals surface area contributed by atoms with Gasteiger partial charge in [0, 0.05) is 0 Å². The Bertz CT molecular complexity index is 481. The molecule has 0 spiro atoms. The molecule has 6 heteroatoms. The lowest BCUT2D eigenvalue weighted by Crippen LogP contribution is -2.43. The molecule has 6 nitrogen and oxygen atoms in total. The highest BCUT2D eigenvalue weighted by molar-refractivity contribution is 5.98. The monoisotopic (exact) mass is 296 g/mol. The minimum Gasteiger partial charge on any atom is -0.494 e. The standard InChI is InChI=1S/C15H20O6/c1-4-19-11-6-8-12(9-7-11)21-10-15(3,13(16)17)14(18)20-5-2/h6-9H,4-5,10H2,1-3H3,(H,16,17). The Kier molecular flexibility index (Phi) is 6.02. The highest BCUT2D eigenvalue weighted by Gasteiger charge is 2.44. The molecule has 1 atom stereocenters. The summed E-state index contributed by atoms with van der Waals surface area (Å²) in [6.07, 6.45) is 0. The summed E-state index contributed by atoms with van der Waals surface area (Å²) in [6.45, 7) is 5.14. The van der Waals surface area contributed by atoms with Gasteiger partial charge in [0.1, 0.15) is 18.1 Å². The minimum absolute atomic E-state index is 0.116. The van der Waals surface area contributed by atoms with Crippen LogP contribution in [0.2, 0.25) is 0 Å². The number of hydrogen-bond donors (Lipinski definition) is 1. The number of hydrogen-bond acceptors (Lipinski definition) is 5. The zero-order valence-electron chi connectivity index (χ0n) is 12.4. The summed E-state index contributed by atoms with van der Waals surface area (Å²) in [5, 5.41) is 9.22. The molecule has 0 saturated carbocycles. The number of carbonyl (C=O) groups is 2.